The van der Waals surface area contributed by atoms with E-state index in [2.05, 4.69) is 43.0 Å². The zero-order chi connectivity index (χ0) is 28.5. The normalized spacial score (nSPS) is 17.6. The Balaban J connectivity index is 1.80. The van der Waals surface area contributed by atoms with Crippen molar-refractivity contribution >= 4 is 23.8 Å². The zero-order valence-corrected chi connectivity index (χ0v) is 22.8. The number of carboxylic acids is 1. The Morgan fingerprint density at radius 2 is 1.52 bits per heavy atom. The van der Waals surface area contributed by atoms with E-state index in [1.54, 1.807) is 11.8 Å². The SMILES string of the molecule is C=CCOC(=O)N1C[C@@H](SC(c2ccccc2)(c2ccccc2)c2ccccc2)C[C@H]1C(CC(=O)O)C[N+](=O)[O-]. The lowest BCUT2D eigenvalue weighted by molar-refractivity contribution is -0.489. The maximum atomic E-state index is 13.1. The van der Waals surface area contributed by atoms with E-state index >= 15 is 0 Å². The molecule has 0 radical (unpaired) electrons. The molecule has 0 saturated carbocycles. The van der Waals surface area contributed by atoms with Crippen LogP contribution in [0.25, 0.3) is 0 Å². The average molecular weight is 561 g/mol. The number of carbonyl (C=O) groups excluding carboxylic acids is 1. The van der Waals surface area contributed by atoms with Crippen molar-refractivity contribution in [2.45, 2.75) is 28.9 Å². The van der Waals surface area contributed by atoms with Gasteiger partial charge in [0.05, 0.1) is 17.1 Å². The number of thioether (sulfide) groups is 1. The van der Waals surface area contributed by atoms with Crippen molar-refractivity contribution in [1.29, 1.82) is 0 Å². The molecule has 208 valence electrons. The number of nitro groups is 1. The van der Waals surface area contributed by atoms with Crippen molar-refractivity contribution in [3.8, 4) is 0 Å². The quantitative estimate of drug-likeness (QED) is 0.128. The summed E-state index contributed by atoms with van der Waals surface area (Å²) in [5.41, 5.74) is 3.15. The lowest BCUT2D eigenvalue weighted by atomic mass is 9.84. The van der Waals surface area contributed by atoms with Crippen LogP contribution >= 0.6 is 11.8 Å². The first-order valence-corrected chi connectivity index (χ1v) is 14.0. The van der Waals surface area contributed by atoms with Gasteiger partial charge in [-0.15, -0.1) is 11.8 Å². The Labute approximate surface area is 237 Å². The molecule has 1 fully saturated rings. The summed E-state index contributed by atoms with van der Waals surface area (Å²) in [6, 6.07) is 29.7. The van der Waals surface area contributed by atoms with Crippen LogP contribution in [0, 0.1) is 16.0 Å². The molecule has 1 aliphatic rings. The number of ether oxygens (including phenoxy) is 1. The molecule has 40 heavy (non-hydrogen) atoms. The maximum Gasteiger partial charge on any atom is 0.410 e. The van der Waals surface area contributed by atoms with Gasteiger partial charge in [0.25, 0.3) is 0 Å². The van der Waals surface area contributed by atoms with Crippen LogP contribution in [0.3, 0.4) is 0 Å². The van der Waals surface area contributed by atoms with Crippen LogP contribution in [0.2, 0.25) is 0 Å². The zero-order valence-electron chi connectivity index (χ0n) is 22.0. The largest absolute Gasteiger partial charge is 0.481 e. The highest BCUT2D eigenvalue weighted by Gasteiger charge is 2.47. The molecule has 0 aromatic heterocycles. The van der Waals surface area contributed by atoms with Crippen LogP contribution in [-0.2, 0) is 14.3 Å². The van der Waals surface area contributed by atoms with E-state index in [0.29, 0.717) is 6.42 Å². The topological polar surface area (TPSA) is 110 Å². The third kappa shape index (κ3) is 6.54. The standard InChI is InChI=1S/C31H32N2O6S/c1-2-18-39-30(36)32-22-27(20-28(32)23(19-29(34)35)21-33(37)38)40-31(24-12-6-3-7-13-24,25-14-8-4-9-15-25)26-16-10-5-11-17-26/h2-17,23,27-28H,1,18-22H2,(H,34,35)/t23?,27-,28-/m0/s1. The number of amides is 1. The monoisotopic (exact) mass is 560 g/mol. The highest BCUT2D eigenvalue weighted by atomic mass is 32.2. The lowest BCUT2D eigenvalue weighted by Crippen LogP contribution is -2.43. The fraction of sp³-hybridized carbons (Fsp3) is 0.290. The van der Waals surface area contributed by atoms with Crippen LogP contribution in [0.15, 0.2) is 104 Å². The molecule has 1 unspecified atom stereocenters. The second kappa shape index (κ2) is 13.3. The Hall–Kier alpha value is -4.11. The van der Waals surface area contributed by atoms with E-state index in [1.165, 1.54) is 11.0 Å². The van der Waals surface area contributed by atoms with E-state index in [4.69, 9.17) is 4.74 Å². The summed E-state index contributed by atoms with van der Waals surface area (Å²) in [5, 5.41) is 20.9. The van der Waals surface area contributed by atoms with Crippen LogP contribution in [0.4, 0.5) is 4.79 Å². The molecule has 4 rings (SSSR count). The molecule has 3 aromatic rings. The van der Waals surface area contributed by atoms with Gasteiger partial charge in [-0.3, -0.25) is 14.9 Å². The number of rotatable bonds is 12. The van der Waals surface area contributed by atoms with Crippen LogP contribution < -0.4 is 0 Å². The Morgan fingerprint density at radius 3 is 1.95 bits per heavy atom. The summed E-state index contributed by atoms with van der Waals surface area (Å²) >= 11 is 1.68. The molecule has 1 saturated heterocycles. The van der Waals surface area contributed by atoms with E-state index in [-0.39, 0.29) is 18.4 Å². The number of likely N-dealkylation sites (tertiary alicyclic amines) is 1. The van der Waals surface area contributed by atoms with E-state index in [0.717, 1.165) is 16.7 Å². The van der Waals surface area contributed by atoms with Gasteiger partial charge in [-0.25, -0.2) is 4.79 Å². The third-order valence-corrected chi connectivity index (χ3v) is 8.85. The van der Waals surface area contributed by atoms with Gasteiger partial charge in [-0.1, -0.05) is 104 Å². The van der Waals surface area contributed by atoms with Crippen molar-refractivity contribution in [3.63, 3.8) is 0 Å². The van der Waals surface area contributed by atoms with Gasteiger partial charge in [0, 0.05) is 22.8 Å². The average Bonchev–Trinajstić information content (AvgIpc) is 3.39. The van der Waals surface area contributed by atoms with E-state index < -0.39 is 46.7 Å². The Morgan fingerprint density at radius 1 is 1.02 bits per heavy atom. The van der Waals surface area contributed by atoms with E-state index in [1.807, 2.05) is 54.6 Å². The molecule has 0 aliphatic carbocycles. The minimum Gasteiger partial charge on any atom is -0.481 e. The first kappa shape index (κ1) is 28.9. The first-order valence-electron chi connectivity index (χ1n) is 13.1. The second-order valence-electron chi connectivity index (χ2n) is 9.71. The fourth-order valence-corrected chi connectivity index (χ4v) is 7.34. The molecule has 8 nitrogen and oxygen atoms in total. The fourth-order valence-electron chi connectivity index (χ4n) is 5.49. The third-order valence-electron chi connectivity index (χ3n) is 7.11. The predicted octanol–water partition coefficient (Wildman–Crippen LogP) is 5.84. The number of benzene rings is 3. The second-order valence-corrected chi connectivity index (χ2v) is 11.2. The molecule has 0 spiro atoms. The van der Waals surface area contributed by atoms with Gasteiger partial charge >= 0.3 is 12.1 Å². The first-order chi connectivity index (χ1) is 19.3. The van der Waals surface area contributed by atoms with Gasteiger partial charge < -0.3 is 14.7 Å². The van der Waals surface area contributed by atoms with Gasteiger partial charge in [0.1, 0.15) is 6.61 Å². The van der Waals surface area contributed by atoms with Gasteiger partial charge in [0.2, 0.25) is 6.54 Å². The summed E-state index contributed by atoms with van der Waals surface area (Å²) in [6.45, 7) is 3.28. The molecule has 9 heteroatoms. The summed E-state index contributed by atoms with van der Waals surface area (Å²) < 4.78 is 4.68. The van der Waals surface area contributed by atoms with Crippen molar-refractivity contribution < 1.29 is 24.4 Å². The Bertz CT molecular complexity index is 1190. The highest BCUT2D eigenvalue weighted by molar-refractivity contribution is 8.01. The summed E-state index contributed by atoms with van der Waals surface area (Å²) in [7, 11) is 0. The highest BCUT2D eigenvalue weighted by Crippen LogP contribution is 2.52. The van der Waals surface area contributed by atoms with Crippen LogP contribution in [-0.4, -0.2) is 58.0 Å². The van der Waals surface area contributed by atoms with Crippen molar-refractivity contribution in [3.05, 3.63) is 130 Å². The van der Waals surface area contributed by atoms with Crippen molar-refractivity contribution in [2.24, 2.45) is 5.92 Å². The van der Waals surface area contributed by atoms with E-state index in [9.17, 15) is 24.8 Å². The van der Waals surface area contributed by atoms with Crippen molar-refractivity contribution in [1.82, 2.24) is 4.90 Å². The van der Waals surface area contributed by atoms with Gasteiger partial charge in [0.15, 0.2) is 0 Å². The molecule has 1 amide bonds. The maximum absolute atomic E-state index is 13.1. The van der Waals surface area contributed by atoms with Gasteiger partial charge in [-0.05, 0) is 23.1 Å². The van der Waals surface area contributed by atoms with Gasteiger partial charge in [-0.2, -0.15) is 0 Å². The molecular weight excluding hydrogens is 528 g/mol. The predicted molar refractivity (Wildman–Crippen MR) is 155 cm³/mol. The number of aliphatic carboxylic acids is 1. The number of hydrogen-bond acceptors (Lipinski definition) is 6. The molecular formula is C31H32N2O6S. The minimum absolute atomic E-state index is 0.0132. The number of carbonyl (C=O) groups is 2. The van der Waals surface area contributed by atoms with Crippen LogP contribution in [0.1, 0.15) is 29.5 Å². The number of hydrogen-bond donors (Lipinski definition) is 1. The molecule has 3 aromatic carbocycles. The summed E-state index contributed by atoms with van der Waals surface area (Å²) in [4.78, 5) is 37.3. The van der Waals surface area contributed by atoms with Crippen molar-refractivity contribution in [2.75, 3.05) is 19.7 Å². The summed E-state index contributed by atoms with van der Waals surface area (Å²) in [5.74, 6) is -2.01. The molecule has 0 bridgehead atoms. The molecule has 1 aliphatic heterocycles. The smallest absolute Gasteiger partial charge is 0.410 e. The molecule has 1 heterocycles. The lowest BCUT2D eigenvalue weighted by Gasteiger charge is -2.37. The molecule has 1 N–H and O–H groups in total. The number of nitrogens with zero attached hydrogens (tertiary/aromatic N) is 2. The van der Waals surface area contributed by atoms with Crippen LogP contribution in [0.5, 0.6) is 0 Å². The molecule has 3 atom stereocenters. The Kier molecular flexibility index (Phi) is 9.60. The number of carboxylic acid groups (broad SMARTS) is 1. The minimum atomic E-state index is -1.14. The summed E-state index contributed by atoms with van der Waals surface area (Å²) in [6.07, 6.45) is 0.784.